The van der Waals surface area contributed by atoms with Crippen molar-refractivity contribution in [1.29, 1.82) is 0 Å². The first kappa shape index (κ1) is 19.4. The predicted molar refractivity (Wildman–Crippen MR) is 102 cm³/mol. The van der Waals surface area contributed by atoms with Crippen molar-refractivity contribution in [2.75, 3.05) is 0 Å². The van der Waals surface area contributed by atoms with Crippen LogP contribution in [-0.2, 0) is 6.18 Å². The van der Waals surface area contributed by atoms with Gasteiger partial charge >= 0.3 is 6.18 Å². The lowest BCUT2D eigenvalue weighted by Gasteiger charge is -2.13. The Labute approximate surface area is 160 Å². The fourth-order valence-corrected chi connectivity index (χ4v) is 2.95. The molecule has 0 saturated heterocycles. The predicted octanol–water partition coefficient (Wildman–Crippen LogP) is 4.88. The second-order valence-corrected chi connectivity index (χ2v) is 6.28. The van der Waals surface area contributed by atoms with E-state index in [-0.39, 0.29) is 5.91 Å². The summed E-state index contributed by atoms with van der Waals surface area (Å²) in [4.78, 5) is 12.0. The molecule has 3 rings (SSSR count). The number of amides is 1. The van der Waals surface area contributed by atoms with E-state index in [4.69, 9.17) is 0 Å². The first-order chi connectivity index (χ1) is 13.3. The summed E-state index contributed by atoms with van der Waals surface area (Å²) >= 11 is 0. The molecular formula is C21H18F3N3O. The molecule has 1 heterocycles. The van der Waals surface area contributed by atoms with E-state index in [9.17, 15) is 18.0 Å². The summed E-state index contributed by atoms with van der Waals surface area (Å²) in [5, 5.41) is 3.97. The van der Waals surface area contributed by atoms with Crippen molar-refractivity contribution in [3.05, 3.63) is 88.7 Å². The number of aryl methyl sites for hydroxylation is 1. The van der Waals surface area contributed by atoms with Gasteiger partial charge in [0.1, 0.15) is 0 Å². The van der Waals surface area contributed by atoms with E-state index < -0.39 is 11.7 Å². The van der Waals surface area contributed by atoms with Crippen molar-refractivity contribution in [2.24, 2.45) is 5.10 Å². The topological polar surface area (TPSA) is 46.4 Å². The quantitative estimate of drug-likeness (QED) is 0.505. The van der Waals surface area contributed by atoms with Gasteiger partial charge in [-0.1, -0.05) is 24.3 Å². The molecular weight excluding hydrogens is 367 g/mol. The van der Waals surface area contributed by atoms with Gasteiger partial charge in [0, 0.05) is 28.2 Å². The van der Waals surface area contributed by atoms with E-state index in [1.165, 1.54) is 12.3 Å². The molecule has 0 aliphatic heterocycles. The number of rotatable bonds is 4. The van der Waals surface area contributed by atoms with Crippen LogP contribution in [0.5, 0.6) is 0 Å². The van der Waals surface area contributed by atoms with E-state index >= 15 is 0 Å². The average Bonchev–Trinajstić information content (AvgIpc) is 2.95. The first-order valence-electron chi connectivity index (χ1n) is 8.52. The molecule has 1 aromatic heterocycles. The maximum Gasteiger partial charge on any atom is 0.416 e. The normalized spacial score (nSPS) is 11.8. The van der Waals surface area contributed by atoms with Gasteiger partial charge < -0.3 is 4.57 Å². The van der Waals surface area contributed by atoms with Gasteiger partial charge in [0.05, 0.1) is 11.8 Å². The van der Waals surface area contributed by atoms with Crippen LogP contribution in [0.25, 0.3) is 5.69 Å². The van der Waals surface area contributed by atoms with E-state index in [0.717, 1.165) is 23.5 Å². The molecule has 0 saturated carbocycles. The number of hydrogen-bond donors (Lipinski definition) is 1. The molecule has 4 nitrogen and oxygen atoms in total. The van der Waals surface area contributed by atoms with Crippen molar-refractivity contribution in [2.45, 2.75) is 20.0 Å². The number of nitrogens with one attached hydrogen (secondary N) is 1. The molecule has 28 heavy (non-hydrogen) atoms. The minimum Gasteiger partial charge on any atom is -0.318 e. The molecule has 0 atom stereocenters. The average molecular weight is 385 g/mol. The lowest BCUT2D eigenvalue weighted by atomic mass is 10.2. The number of aromatic nitrogens is 1. The van der Waals surface area contributed by atoms with Crippen LogP contribution in [0.15, 0.2) is 65.8 Å². The van der Waals surface area contributed by atoms with Gasteiger partial charge in [-0.15, -0.1) is 0 Å². The highest BCUT2D eigenvalue weighted by Gasteiger charge is 2.30. The van der Waals surface area contributed by atoms with Crippen LogP contribution in [0, 0.1) is 13.8 Å². The molecule has 1 N–H and O–H groups in total. The molecule has 2 aromatic carbocycles. The molecule has 144 valence electrons. The Balaban J connectivity index is 1.84. The van der Waals surface area contributed by atoms with Gasteiger partial charge in [0.25, 0.3) is 5.91 Å². The van der Waals surface area contributed by atoms with Gasteiger partial charge in [-0.25, -0.2) is 5.43 Å². The van der Waals surface area contributed by atoms with Crippen molar-refractivity contribution in [3.63, 3.8) is 0 Å². The van der Waals surface area contributed by atoms with Gasteiger partial charge in [-0.2, -0.15) is 18.3 Å². The zero-order chi connectivity index (χ0) is 20.3. The summed E-state index contributed by atoms with van der Waals surface area (Å²) in [7, 11) is 0. The van der Waals surface area contributed by atoms with E-state index in [1.807, 2.05) is 6.07 Å². The zero-order valence-corrected chi connectivity index (χ0v) is 15.3. The Kier molecular flexibility index (Phi) is 5.35. The van der Waals surface area contributed by atoms with Gasteiger partial charge in [-0.05, 0) is 50.2 Å². The highest BCUT2D eigenvalue weighted by atomic mass is 19.4. The number of benzene rings is 2. The molecule has 0 aliphatic carbocycles. The highest BCUT2D eigenvalue weighted by Crippen LogP contribution is 2.31. The van der Waals surface area contributed by atoms with Crippen LogP contribution in [-0.4, -0.2) is 16.7 Å². The van der Waals surface area contributed by atoms with Crippen molar-refractivity contribution in [3.8, 4) is 5.69 Å². The van der Waals surface area contributed by atoms with E-state index in [0.29, 0.717) is 16.8 Å². The number of hydrazone groups is 1. The second kappa shape index (κ2) is 7.72. The molecule has 3 aromatic rings. The Bertz CT molecular complexity index is 1020. The van der Waals surface area contributed by atoms with Crippen LogP contribution in [0.2, 0.25) is 0 Å². The maximum atomic E-state index is 13.0. The number of halogens is 3. The SMILES string of the molecule is Cc1cc(/C=N/NC(=O)c2ccccc2)c(C)n1-c1cccc(C(F)(F)F)c1. The van der Waals surface area contributed by atoms with Gasteiger partial charge in [0.15, 0.2) is 0 Å². The van der Waals surface area contributed by atoms with Crippen LogP contribution in [0.4, 0.5) is 13.2 Å². The lowest BCUT2D eigenvalue weighted by molar-refractivity contribution is -0.137. The highest BCUT2D eigenvalue weighted by molar-refractivity contribution is 5.94. The Morgan fingerprint density at radius 3 is 2.43 bits per heavy atom. The molecule has 7 heteroatoms. The fourth-order valence-electron chi connectivity index (χ4n) is 2.95. The third-order valence-electron chi connectivity index (χ3n) is 4.31. The van der Waals surface area contributed by atoms with Gasteiger partial charge in [0.2, 0.25) is 0 Å². The number of nitrogens with zero attached hydrogens (tertiary/aromatic N) is 2. The zero-order valence-electron chi connectivity index (χ0n) is 15.3. The van der Waals surface area contributed by atoms with Crippen molar-refractivity contribution < 1.29 is 18.0 Å². The van der Waals surface area contributed by atoms with Gasteiger partial charge in [-0.3, -0.25) is 4.79 Å². The monoisotopic (exact) mass is 385 g/mol. The van der Waals surface area contributed by atoms with Crippen LogP contribution in [0.3, 0.4) is 0 Å². The Morgan fingerprint density at radius 2 is 1.75 bits per heavy atom. The lowest BCUT2D eigenvalue weighted by Crippen LogP contribution is -2.17. The number of carbonyl (C=O) groups excluding carboxylic acids is 1. The largest absolute Gasteiger partial charge is 0.416 e. The smallest absolute Gasteiger partial charge is 0.318 e. The molecule has 0 spiro atoms. The minimum atomic E-state index is -4.41. The second-order valence-electron chi connectivity index (χ2n) is 6.28. The molecule has 0 aliphatic rings. The summed E-state index contributed by atoms with van der Waals surface area (Å²) in [5.74, 6) is -0.344. The van der Waals surface area contributed by atoms with Crippen LogP contribution in [0.1, 0.15) is 32.9 Å². The first-order valence-corrected chi connectivity index (χ1v) is 8.52. The van der Waals surface area contributed by atoms with E-state index in [2.05, 4.69) is 10.5 Å². The molecule has 0 unspecified atom stereocenters. The summed E-state index contributed by atoms with van der Waals surface area (Å²) in [6, 6.07) is 15.6. The number of carbonyl (C=O) groups is 1. The standard InChI is InChI=1S/C21H18F3N3O/c1-14-11-17(13-25-26-20(28)16-7-4-3-5-8-16)15(2)27(14)19-10-6-9-18(12-19)21(22,23)24/h3-13H,1-2H3,(H,26,28)/b25-13+. The Hall–Kier alpha value is -3.35. The summed E-state index contributed by atoms with van der Waals surface area (Å²) in [6.45, 7) is 3.58. The van der Waals surface area contributed by atoms with E-state index in [1.54, 1.807) is 54.8 Å². The third-order valence-corrected chi connectivity index (χ3v) is 4.31. The maximum absolute atomic E-state index is 13.0. The van der Waals surface area contributed by atoms with Crippen LogP contribution < -0.4 is 5.43 Å². The third kappa shape index (κ3) is 4.14. The summed E-state index contributed by atoms with van der Waals surface area (Å²) in [5.41, 5.74) is 4.81. The van der Waals surface area contributed by atoms with Crippen LogP contribution >= 0.6 is 0 Å². The summed E-state index contributed by atoms with van der Waals surface area (Å²) < 4.78 is 40.7. The van der Waals surface area contributed by atoms with Crippen molar-refractivity contribution >= 4 is 12.1 Å². The molecule has 0 bridgehead atoms. The minimum absolute atomic E-state index is 0.344. The van der Waals surface area contributed by atoms with Crippen molar-refractivity contribution in [1.82, 2.24) is 9.99 Å². The number of alkyl halides is 3. The fraction of sp³-hybridized carbons (Fsp3) is 0.143. The molecule has 0 radical (unpaired) electrons. The molecule has 0 fully saturated rings. The Morgan fingerprint density at radius 1 is 1.04 bits per heavy atom. The summed E-state index contributed by atoms with van der Waals surface area (Å²) in [6.07, 6.45) is -2.93. The molecule has 1 amide bonds. The number of hydrogen-bond acceptors (Lipinski definition) is 2.